The zero-order chi connectivity index (χ0) is 24.7. The van der Waals surface area contributed by atoms with Crippen LogP contribution in [0.4, 0.5) is 0 Å². The average molecular weight is 464 g/mol. The third-order valence-electron chi connectivity index (χ3n) is 6.16. The predicted molar refractivity (Wildman–Crippen MR) is 111 cm³/mol. The van der Waals surface area contributed by atoms with Gasteiger partial charge in [0.05, 0.1) is 30.3 Å². The summed E-state index contributed by atoms with van der Waals surface area (Å²) in [4.78, 5) is 50.0. The molecule has 7 atom stereocenters. The summed E-state index contributed by atoms with van der Waals surface area (Å²) in [5.41, 5.74) is -0.884. The van der Waals surface area contributed by atoms with Crippen LogP contribution in [0.15, 0.2) is 35.5 Å². The van der Waals surface area contributed by atoms with E-state index in [9.17, 15) is 24.3 Å². The summed E-state index contributed by atoms with van der Waals surface area (Å²) in [5.74, 6) is -4.17. The molecule has 2 heterocycles. The fourth-order valence-corrected chi connectivity index (χ4v) is 4.30. The number of hydrogen-bond donors (Lipinski definition) is 1. The van der Waals surface area contributed by atoms with E-state index in [1.165, 1.54) is 19.1 Å². The number of fused-ring (bicyclic) bond motifs is 3. The van der Waals surface area contributed by atoms with E-state index in [4.69, 9.17) is 23.7 Å². The second-order valence-electron chi connectivity index (χ2n) is 8.53. The summed E-state index contributed by atoms with van der Waals surface area (Å²) >= 11 is 0. The number of esters is 4. The van der Waals surface area contributed by atoms with E-state index < -0.39 is 65.9 Å². The summed E-state index contributed by atoms with van der Waals surface area (Å²) in [7, 11) is 1.12. The Morgan fingerprint density at radius 3 is 2.52 bits per heavy atom. The maximum Gasteiger partial charge on any atom is 0.337 e. The first-order valence-corrected chi connectivity index (χ1v) is 10.5. The third-order valence-corrected chi connectivity index (χ3v) is 6.16. The van der Waals surface area contributed by atoms with Crippen molar-refractivity contribution in [1.29, 1.82) is 0 Å². The molecular formula is C23H28O10. The summed E-state index contributed by atoms with van der Waals surface area (Å²) in [6.07, 6.45) is -2.90. The highest BCUT2D eigenvalue weighted by Crippen LogP contribution is 2.50. The molecule has 10 nitrogen and oxygen atoms in total. The molecule has 3 rings (SSSR count). The van der Waals surface area contributed by atoms with E-state index in [0.29, 0.717) is 0 Å². The molecule has 2 saturated heterocycles. The molecule has 33 heavy (non-hydrogen) atoms. The average Bonchev–Trinajstić information content (AvgIpc) is 3.32. The van der Waals surface area contributed by atoms with Crippen LogP contribution in [0.25, 0.3) is 0 Å². The van der Waals surface area contributed by atoms with Gasteiger partial charge >= 0.3 is 23.9 Å². The Balaban J connectivity index is 2.21. The molecule has 0 spiro atoms. The number of allylic oxidation sites excluding steroid dienone is 1. The van der Waals surface area contributed by atoms with Crippen molar-refractivity contribution >= 4 is 23.9 Å². The quantitative estimate of drug-likeness (QED) is 0.277. The second kappa shape index (κ2) is 9.11. The lowest BCUT2D eigenvalue weighted by Crippen LogP contribution is -2.48. The predicted octanol–water partition coefficient (Wildman–Crippen LogP) is 0.915. The summed E-state index contributed by atoms with van der Waals surface area (Å²) < 4.78 is 27.3. The monoisotopic (exact) mass is 464 g/mol. The highest BCUT2D eigenvalue weighted by Gasteiger charge is 2.65. The summed E-state index contributed by atoms with van der Waals surface area (Å²) in [6, 6.07) is 0. The Labute approximate surface area is 191 Å². The van der Waals surface area contributed by atoms with Gasteiger partial charge in [-0.3, -0.25) is 4.79 Å². The molecular weight excluding hydrogens is 436 g/mol. The number of ether oxygens (including phenoxy) is 5. The normalized spacial score (nSPS) is 37.5. The van der Waals surface area contributed by atoms with E-state index in [-0.39, 0.29) is 23.1 Å². The lowest BCUT2D eigenvalue weighted by atomic mass is 9.80. The molecule has 1 aliphatic carbocycles. The van der Waals surface area contributed by atoms with Crippen molar-refractivity contribution < 1.29 is 48.0 Å². The van der Waals surface area contributed by atoms with Crippen molar-refractivity contribution in [3.63, 3.8) is 0 Å². The van der Waals surface area contributed by atoms with Crippen LogP contribution < -0.4 is 0 Å². The van der Waals surface area contributed by atoms with Gasteiger partial charge in [0.25, 0.3) is 0 Å². The smallest absolute Gasteiger partial charge is 0.337 e. The highest BCUT2D eigenvalue weighted by atomic mass is 16.7. The number of rotatable bonds is 4. The summed E-state index contributed by atoms with van der Waals surface area (Å²) in [6.45, 7) is 9.80. The Morgan fingerprint density at radius 1 is 1.27 bits per heavy atom. The van der Waals surface area contributed by atoms with Crippen molar-refractivity contribution in [2.24, 2.45) is 5.92 Å². The van der Waals surface area contributed by atoms with Crippen LogP contribution in [0.2, 0.25) is 0 Å². The van der Waals surface area contributed by atoms with Crippen LogP contribution in [0, 0.1) is 5.92 Å². The van der Waals surface area contributed by atoms with Gasteiger partial charge in [0, 0.05) is 24.5 Å². The first-order chi connectivity index (χ1) is 15.4. The van der Waals surface area contributed by atoms with Crippen LogP contribution in [-0.4, -0.2) is 72.2 Å². The number of aliphatic hydroxyl groups is 1. The van der Waals surface area contributed by atoms with Gasteiger partial charge in [0.1, 0.15) is 12.2 Å². The molecule has 3 aliphatic rings. The first-order valence-electron chi connectivity index (χ1n) is 10.5. The minimum Gasteiger partial charge on any atom is -0.466 e. The zero-order valence-corrected chi connectivity index (χ0v) is 19.2. The van der Waals surface area contributed by atoms with E-state index in [1.54, 1.807) is 13.8 Å². The molecule has 180 valence electrons. The number of aliphatic hydroxyl groups excluding tert-OH is 1. The molecule has 0 radical (unpaired) electrons. The van der Waals surface area contributed by atoms with Gasteiger partial charge in [0.2, 0.25) is 0 Å². The fourth-order valence-electron chi connectivity index (χ4n) is 4.30. The Hall–Kier alpha value is -2.98. The van der Waals surface area contributed by atoms with Crippen LogP contribution in [0.1, 0.15) is 34.1 Å². The van der Waals surface area contributed by atoms with E-state index in [0.717, 1.165) is 14.0 Å². The number of hydrogen-bond acceptors (Lipinski definition) is 10. The molecule has 0 aromatic carbocycles. The second-order valence-corrected chi connectivity index (χ2v) is 8.53. The minimum absolute atomic E-state index is 0.0173. The Kier molecular flexibility index (Phi) is 6.80. The van der Waals surface area contributed by atoms with Crippen LogP contribution in [-0.2, 0) is 42.9 Å². The maximum atomic E-state index is 12.8. The van der Waals surface area contributed by atoms with Gasteiger partial charge in [-0.1, -0.05) is 12.7 Å². The topological polar surface area (TPSA) is 138 Å². The standard InChI is InChI=1S/C23H28O10/c1-7-10(2)20(26)31-17-15-11(3)21(27)32-18(15)19-23(5,33-19)9-13(25)8-14(22(28)29-6)16(17)30-12(4)24/h7-8,13,15-19,25H,3,9H2,1-2,4-6H3/b10-7-,14-8+/t13-,15-,16+,17+,18+,19+,23-/m1/s1. The number of epoxide rings is 1. The molecule has 0 aromatic rings. The molecule has 0 aromatic heterocycles. The van der Waals surface area contributed by atoms with Crippen LogP contribution >= 0.6 is 0 Å². The first kappa shape index (κ1) is 24.7. The molecule has 0 bridgehead atoms. The number of methoxy groups -OCH3 is 1. The molecule has 0 saturated carbocycles. The van der Waals surface area contributed by atoms with E-state index in [1.807, 2.05) is 0 Å². The Bertz CT molecular complexity index is 947. The number of carbonyl (C=O) groups is 4. The number of carbonyl (C=O) groups excluding carboxylic acids is 4. The van der Waals surface area contributed by atoms with Gasteiger partial charge in [0.15, 0.2) is 12.2 Å². The molecule has 2 fully saturated rings. The van der Waals surface area contributed by atoms with Gasteiger partial charge < -0.3 is 28.8 Å². The minimum atomic E-state index is -1.51. The molecule has 0 unspecified atom stereocenters. The highest BCUT2D eigenvalue weighted by molar-refractivity contribution is 5.93. The van der Waals surface area contributed by atoms with Crippen molar-refractivity contribution in [3.05, 3.63) is 35.5 Å². The van der Waals surface area contributed by atoms with Gasteiger partial charge in [-0.15, -0.1) is 0 Å². The van der Waals surface area contributed by atoms with E-state index >= 15 is 0 Å². The van der Waals surface area contributed by atoms with Gasteiger partial charge in [-0.05, 0) is 26.8 Å². The lowest BCUT2D eigenvalue weighted by Gasteiger charge is -2.34. The fraction of sp³-hybridized carbons (Fsp3) is 0.565. The van der Waals surface area contributed by atoms with Crippen molar-refractivity contribution in [2.75, 3.05) is 7.11 Å². The Morgan fingerprint density at radius 2 is 1.94 bits per heavy atom. The van der Waals surface area contributed by atoms with Crippen LogP contribution in [0.5, 0.6) is 0 Å². The van der Waals surface area contributed by atoms with Crippen molar-refractivity contribution in [1.82, 2.24) is 0 Å². The molecule has 0 amide bonds. The third kappa shape index (κ3) is 4.72. The zero-order valence-electron chi connectivity index (χ0n) is 19.2. The van der Waals surface area contributed by atoms with Crippen LogP contribution in [0.3, 0.4) is 0 Å². The van der Waals surface area contributed by atoms with Gasteiger partial charge in [-0.2, -0.15) is 0 Å². The van der Waals surface area contributed by atoms with Crippen molar-refractivity contribution in [3.8, 4) is 0 Å². The SMILES string of the molecule is C=C1C(=O)O[C@H]2[C@H]1[C@H](OC(=O)/C(C)=C\C)[C@@H](OC(C)=O)/C(C(=O)OC)=C\[C@@H](O)C[C@@]1(C)O[C@@H]21. The van der Waals surface area contributed by atoms with Crippen molar-refractivity contribution in [2.45, 2.75) is 70.2 Å². The summed E-state index contributed by atoms with van der Waals surface area (Å²) in [5, 5.41) is 10.7. The van der Waals surface area contributed by atoms with Gasteiger partial charge in [-0.25, -0.2) is 14.4 Å². The molecule has 2 aliphatic heterocycles. The lowest BCUT2D eigenvalue weighted by molar-refractivity contribution is -0.168. The maximum absolute atomic E-state index is 12.8. The largest absolute Gasteiger partial charge is 0.466 e. The van der Waals surface area contributed by atoms with E-state index in [2.05, 4.69) is 6.58 Å². The molecule has 10 heteroatoms. The molecule has 1 N–H and O–H groups in total.